The molecule has 0 fully saturated rings. The molecule has 0 rings (SSSR count). The molecule has 0 amide bonds. The Balaban J connectivity index is 0. The summed E-state index contributed by atoms with van der Waals surface area (Å²) < 4.78 is 0. The lowest BCUT2D eigenvalue weighted by molar-refractivity contribution is 0.525. The molecule has 18 heavy (non-hydrogen) atoms. The van der Waals surface area contributed by atoms with Gasteiger partial charge in [-0.25, -0.2) is 0 Å². The molecule has 0 saturated heterocycles. The van der Waals surface area contributed by atoms with Crippen LogP contribution in [0.15, 0.2) is 0 Å². The van der Waals surface area contributed by atoms with Gasteiger partial charge in [-0.2, -0.15) is 0 Å². The highest BCUT2D eigenvalue weighted by molar-refractivity contribution is 4.46. The molecule has 0 heteroatoms. The van der Waals surface area contributed by atoms with Crippen LogP contribution in [-0.2, 0) is 0 Å². The fraction of sp³-hybridized carbons (Fsp3) is 1.00. The second-order valence-corrected chi connectivity index (χ2v) is 6.01. The highest BCUT2D eigenvalue weighted by Gasteiger charge is 1.91. The molecule has 0 spiro atoms. The van der Waals surface area contributed by atoms with Crippen molar-refractivity contribution in [2.45, 2.75) is 112 Å². The zero-order valence-corrected chi connectivity index (χ0v) is 14.1. The standard InChI is InChI=1S/2C9H20/c1-4-5-6-7-8-9(2)3;1-3-5-7-9-8-6-4-2/h9H,4-8H2,1-3H3;3-9H2,1-2H3. The Hall–Kier alpha value is 0. The van der Waals surface area contributed by atoms with Crippen molar-refractivity contribution in [2.75, 3.05) is 0 Å². The normalized spacial score (nSPS) is 10.3. The third-order valence-electron chi connectivity index (χ3n) is 3.34. The molecule has 0 aliphatic rings. The van der Waals surface area contributed by atoms with Crippen LogP contribution in [0.3, 0.4) is 0 Å². The van der Waals surface area contributed by atoms with Crippen LogP contribution in [0.5, 0.6) is 0 Å². The first-order valence-corrected chi connectivity index (χ1v) is 8.68. The molecule has 0 aromatic rings. The summed E-state index contributed by atoms with van der Waals surface area (Å²) in [7, 11) is 0. The van der Waals surface area contributed by atoms with Gasteiger partial charge < -0.3 is 0 Å². The van der Waals surface area contributed by atoms with E-state index in [1.807, 2.05) is 0 Å². The van der Waals surface area contributed by atoms with E-state index in [4.69, 9.17) is 0 Å². The van der Waals surface area contributed by atoms with Gasteiger partial charge in [0, 0.05) is 0 Å². The summed E-state index contributed by atoms with van der Waals surface area (Å²) in [6, 6.07) is 0. The van der Waals surface area contributed by atoms with Crippen molar-refractivity contribution in [1.29, 1.82) is 0 Å². The van der Waals surface area contributed by atoms with Crippen LogP contribution in [0.4, 0.5) is 0 Å². The maximum absolute atomic E-state index is 2.30. The van der Waals surface area contributed by atoms with Gasteiger partial charge in [0.05, 0.1) is 0 Å². The van der Waals surface area contributed by atoms with Crippen LogP contribution >= 0.6 is 0 Å². The van der Waals surface area contributed by atoms with Crippen LogP contribution in [0.1, 0.15) is 112 Å². The fourth-order valence-corrected chi connectivity index (χ4v) is 2.01. The Labute approximate surface area is 118 Å². The molecule has 0 aromatic carbocycles. The van der Waals surface area contributed by atoms with E-state index < -0.39 is 0 Å². The molecule has 0 nitrogen and oxygen atoms in total. The van der Waals surface area contributed by atoms with E-state index >= 15 is 0 Å². The molecule has 0 atom stereocenters. The van der Waals surface area contributed by atoms with Crippen molar-refractivity contribution in [2.24, 2.45) is 5.92 Å². The van der Waals surface area contributed by atoms with Crippen molar-refractivity contribution in [3.8, 4) is 0 Å². The van der Waals surface area contributed by atoms with Crippen molar-refractivity contribution in [1.82, 2.24) is 0 Å². The van der Waals surface area contributed by atoms with Gasteiger partial charge in [0.2, 0.25) is 0 Å². The maximum Gasteiger partial charge on any atom is -0.0471 e. The van der Waals surface area contributed by atoms with Gasteiger partial charge in [-0.05, 0) is 5.92 Å². The molecule has 0 bridgehead atoms. The molecule has 0 heterocycles. The van der Waals surface area contributed by atoms with Gasteiger partial charge in [-0.3, -0.25) is 0 Å². The summed E-state index contributed by atoms with van der Waals surface area (Å²) in [6.45, 7) is 11.4. The summed E-state index contributed by atoms with van der Waals surface area (Å²) >= 11 is 0. The highest BCUT2D eigenvalue weighted by Crippen LogP contribution is 2.08. The summed E-state index contributed by atoms with van der Waals surface area (Å²) in [6.07, 6.45) is 17.0. The minimum Gasteiger partial charge on any atom is -0.0654 e. The molecule has 0 aliphatic heterocycles. The quantitative estimate of drug-likeness (QED) is 0.338. The first-order valence-electron chi connectivity index (χ1n) is 8.68. The topological polar surface area (TPSA) is 0 Å². The van der Waals surface area contributed by atoms with E-state index in [0.29, 0.717) is 0 Å². The van der Waals surface area contributed by atoms with Crippen LogP contribution in [-0.4, -0.2) is 0 Å². The minimum absolute atomic E-state index is 0.904. The maximum atomic E-state index is 2.30. The number of hydrogen-bond donors (Lipinski definition) is 0. The smallest absolute Gasteiger partial charge is 0.0471 e. The lowest BCUT2D eigenvalue weighted by atomic mass is 10.1. The lowest BCUT2D eigenvalue weighted by Crippen LogP contribution is -1.86. The summed E-state index contributed by atoms with van der Waals surface area (Å²) in [5.41, 5.74) is 0. The SMILES string of the molecule is CCCCCCC(C)C.CCCCCCCCC. The first-order chi connectivity index (χ1) is 8.68. The predicted molar refractivity (Wildman–Crippen MR) is 87.3 cm³/mol. The molecule has 0 radical (unpaired) electrons. The van der Waals surface area contributed by atoms with Crippen LogP contribution in [0.2, 0.25) is 0 Å². The molecular weight excluding hydrogens is 216 g/mol. The highest BCUT2D eigenvalue weighted by atomic mass is 14.0. The zero-order chi connectivity index (χ0) is 14.1. The molecule has 0 unspecified atom stereocenters. The second-order valence-electron chi connectivity index (χ2n) is 6.01. The van der Waals surface area contributed by atoms with E-state index in [1.165, 1.54) is 77.0 Å². The van der Waals surface area contributed by atoms with Gasteiger partial charge in [0.1, 0.15) is 0 Å². The predicted octanol–water partition coefficient (Wildman–Crippen LogP) is 7.37. The number of unbranched alkanes of at least 4 members (excludes halogenated alkanes) is 9. The average Bonchev–Trinajstić information content (AvgIpc) is 2.35. The van der Waals surface area contributed by atoms with E-state index in [-0.39, 0.29) is 0 Å². The largest absolute Gasteiger partial charge is 0.0654 e. The fourth-order valence-electron chi connectivity index (χ4n) is 2.01. The summed E-state index contributed by atoms with van der Waals surface area (Å²) in [5.74, 6) is 0.904. The van der Waals surface area contributed by atoms with Crippen LogP contribution < -0.4 is 0 Å². The number of rotatable bonds is 11. The Bertz CT molecular complexity index is 109. The van der Waals surface area contributed by atoms with Crippen molar-refractivity contribution in [3.63, 3.8) is 0 Å². The molecular formula is C18H40. The lowest BCUT2D eigenvalue weighted by Gasteiger charge is -2.01. The Morgan fingerprint density at radius 2 is 0.833 bits per heavy atom. The van der Waals surface area contributed by atoms with Crippen molar-refractivity contribution < 1.29 is 0 Å². The second kappa shape index (κ2) is 19.3. The number of hydrogen-bond acceptors (Lipinski definition) is 0. The average molecular weight is 257 g/mol. The molecule has 112 valence electrons. The summed E-state index contributed by atoms with van der Waals surface area (Å²) in [4.78, 5) is 0. The van der Waals surface area contributed by atoms with Gasteiger partial charge in [-0.15, -0.1) is 0 Å². The Morgan fingerprint density at radius 3 is 1.17 bits per heavy atom. The summed E-state index contributed by atoms with van der Waals surface area (Å²) in [5, 5.41) is 0. The Morgan fingerprint density at radius 1 is 0.500 bits per heavy atom. The molecule has 0 aromatic heterocycles. The van der Waals surface area contributed by atoms with E-state index in [0.717, 1.165) is 5.92 Å². The van der Waals surface area contributed by atoms with E-state index in [1.54, 1.807) is 0 Å². The first kappa shape index (κ1) is 20.3. The molecule has 0 aliphatic carbocycles. The minimum atomic E-state index is 0.904. The van der Waals surface area contributed by atoms with Gasteiger partial charge >= 0.3 is 0 Å². The van der Waals surface area contributed by atoms with Crippen LogP contribution in [0, 0.1) is 5.92 Å². The monoisotopic (exact) mass is 256 g/mol. The molecule has 0 N–H and O–H groups in total. The third-order valence-corrected chi connectivity index (χ3v) is 3.34. The van der Waals surface area contributed by atoms with Gasteiger partial charge in [-0.1, -0.05) is 112 Å². The van der Waals surface area contributed by atoms with Gasteiger partial charge in [0.15, 0.2) is 0 Å². The van der Waals surface area contributed by atoms with Gasteiger partial charge in [0.25, 0.3) is 0 Å². The zero-order valence-electron chi connectivity index (χ0n) is 14.1. The van der Waals surface area contributed by atoms with E-state index in [2.05, 4.69) is 34.6 Å². The van der Waals surface area contributed by atoms with Crippen molar-refractivity contribution >= 4 is 0 Å². The molecule has 0 saturated carbocycles. The van der Waals surface area contributed by atoms with E-state index in [9.17, 15) is 0 Å². The van der Waals surface area contributed by atoms with Crippen molar-refractivity contribution in [3.05, 3.63) is 0 Å². The Kier molecular flexibility index (Phi) is 21.8. The van der Waals surface area contributed by atoms with Crippen LogP contribution in [0.25, 0.3) is 0 Å². The third kappa shape index (κ3) is 25.0.